The van der Waals surface area contributed by atoms with Crippen LogP contribution in [0.3, 0.4) is 0 Å². The van der Waals surface area contributed by atoms with Gasteiger partial charge in [-0.25, -0.2) is 0 Å². The van der Waals surface area contributed by atoms with Crippen molar-refractivity contribution < 1.29 is 4.21 Å². The Labute approximate surface area is 97.8 Å². The summed E-state index contributed by atoms with van der Waals surface area (Å²) >= 11 is 0. The SMILES string of the molecule is Cc1ccc(C)c(S(=O)CCCN=[N+]=[N-])c1. The smallest absolute Gasteiger partial charge is 0.0532 e. The zero-order chi connectivity index (χ0) is 12.0. The molecular formula is C11H15N3OS. The fraction of sp³-hybridized carbons (Fsp3) is 0.455. The van der Waals surface area contributed by atoms with Crippen molar-refractivity contribution in [3.8, 4) is 0 Å². The van der Waals surface area contributed by atoms with Gasteiger partial charge in [-0.05, 0) is 43.0 Å². The summed E-state index contributed by atoms with van der Waals surface area (Å²) in [6.45, 7) is 4.35. The molecule has 1 unspecified atom stereocenters. The van der Waals surface area contributed by atoms with Gasteiger partial charge in [-0.15, -0.1) is 0 Å². The van der Waals surface area contributed by atoms with E-state index in [-0.39, 0.29) is 0 Å². The van der Waals surface area contributed by atoms with Crippen LogP contribution in [0.25, 0.3) is 10.4 Å². The van der Waals surface area contributed by atoms with Crippen LogP contribution in [0.2, 0.25) is 0 Å². The fourth-order valence-corrected chi connectivity index (χ4v) is 2.73. The van der Waals surface area contributed by atoms with Crippen molar-refractivity contribution in [2.75, 3.05) is 12.3 Å². The molecule has 0 aliphatic heterocycles. The second-order valence-corrected chi connectivity index (χ2v) is 5.17. The minimum atomic E-state index is -0.992. The lowest BCUT2D eigenvalue weighted by Crippen LogP contribution is -2.02. The van der Waals surface area contributed by atoms with Gasteiger partial charge in [0.25, 0.3) is 0 Å². The van der Waals surface area contributed by atoms with Crippen LogP contribution in [0.5, 0.6) is 0 Å². The summed E-state index contributed by atoms with van der Waals surface area (Å²) in [7, 11) is -0.992. The minimum absolute atomic E-state index is 0.410. The quantitative estimate of drug-likeness (QED) is 0.336. The Morgan fingerprint density at radius 1 is 1.44 bits per heavy atom. The normalized spacial score (nSPS) is 11.9. The average Bonchev–Trinajstić information content (AvgIpc) is 2.27. The Hall–Kier alpha value is -1.32. The summed E-state index contributed by atoms with van der Waals surface area (Å²) < 4.78 is 12.0. The maximum absolute atomic E-state index is 12.0. The molecule has 1 rings (SSSR count). The number of nitrogens with zero attached hydrogens (tertiary/aromatic N) is 3. The van der Waals surface area contributed by atoms with E-state index in [1.165, 1.54) is 0 Å². The molecule has 0 bridgehead atoms. The predicted molar refractivity (Wildman–Crippen MR) is 65.8 cm³/mol. The van der Waals surface area contributed by atoms with Crippen LogP contribution in [0.15, 0.2) is 28.2 Å². The van der Waals surface area contributed by atoms with Gasteiger partial charge in [-0.2, -0.15) is 0 Å². The molecule has 16 heavy (non-hydrogen) atoms. The second-order valence-electron chi connectivity index (χ2n) is 3.63. The van der Waals surface area contributed by atoms with Gasteiger partial charge in [-0.1, -0.05) is 17.2 Å². The Morgan fingerprint density at radius 2 is 2.19 bits per heavy atom. The molecule has 0 saturated heterocycles. The Bertz CT molecular complexity index is 439. The van der Waals surface area contributed by atoms with Gasteiger partial charge in [0.2, 0.25) is 0 Å². The summed E-state index contributed by atoms with van der Waals surface area (Å²) in [6, 6.07) is 5.95. The first kappa shape index (κ1) is 12.7. The van der Waals surface area contributed by atoms with Crippen molar-refractivity contribution >= 4 is 10.8 Å². The van der Waals surface area contributed by atoms with E-state index in [1.54, 1.807) is 0 Å². The summed E-state index contributed by atoms with van der Waals surface area (Å²) in [5.74, 6) is 0.545. The van der Waals surface area contributed by atoms with Crippen molar-refractivity contribution in [1.82, 2.24) is 0 Å². The van der Waals surface area contributed by atoms with Crippen LogP contribution >= 0.6 is 0 Å². The van der Waals surface area contributed by atoms with Gasteiger partial charge < -0.3 is 0 Å². The minimum Gasteiger partial charge on any atom is -0.254 e. The first-order valence-corrected chi connectivity index (χ1v) is 6.43. The third-order valence-electron chi connectivity index (χ3n) is 2.24. The third-order valence-corrected chi connectivity index (χ3v) is 3.83. The van der Waals surface area contributed by atoms with E-state index in [0.29, 0.717) is 18.7 Å². The standard InChI is InChI=1S/C11H15N3OS/c1-9-4-5-10(2)11(8-9)16(15)7-3-6-13-14-12/h4-5,8H,3,6-7H2,1-2H3. The fourth-order valence-electron chi connectivity index (χ4n) is 1.37. The van der Waals surface area contributed by atoms with Gasteiger partial charge in [0.05, 0.1) is 10.8 Å². The molecule has 0 aromatic heterocycles. The molecular weight excluding hydrogens is 222 g/mol. The number of rotatable bonds is 5. The molecule has 4 nitrogen and oxygen atoms in total. The van der Waals surface area contributed by atoms with Crippen LogP contribution in [0.4, 0.5) is 0 Å². The van der Waals surface area contributed by atoms with E-state index >= 15 is 0 Å². The molecule has 1 aromatic rings. The first-order valence-electron chi connectivity index (χ1n) is 5.11. The molecule has 0 radical (unpaired) electrons. The lowest BCUT2D eigenvalue weighted by molar-refractivity contribution is 0.680. The van der Waals surface area contributed by atoms with Crippen LogP contribution in [0, 0.1) is 13.8 Å². The van der Waals surface area contributed by atoms with Crippen molar-refractivity contribution in [3.05, 3.63) is 39.8 Å². The molecule has 5 heteroatoms. The number of hydrogen-bond donors (Lipinski definition) is 0. The molecule has 0 spiro atoms. The molecule has 0 fully saturated rings. The zero-order valence-electron chi connectivity index (χ0n) is 9.51. The largest absolute Gasteiger partial charge is 0.254 e. The van der Waals surface area contributed by atoms with Gasteiger partial charge in [0.1, 0.15) is 0 Å². The van der Waals surface area contributed by atoms with E-state index in [9.17, 15) is 4.21 Å². The van der Waals surface area contributed by atoms with Crippen molar-refractivity contribution in [2.45, 2.75) is 25.2 Å². The van der Waals surface area contributed by atoms with Crippen molar-refractivity contribution in [1.29, 1.82) is 0 Å². The molecule has 1 aromatic carbocycles. The molecule has 0 saturated carbocycles. The van der Waals surface area contributed by atoms with E-state index in [1.807, 2.05) is 32.0 Å². The highest BCUT2D eigenvalue weighted by molar-refractivity contribution is 7.85. The monoisotopic (exact) mass is 237 g/mol. The highest BCUT2D eigenvalue weighted by Gasteiger charge is 2.06. The van der Waals surface area contributed by atoms with E-state index < -0.39 is 10.8 Å². The van der Waals surface area contributed by atoms with Crippen LogP contribution in [-0.2, 0) is 10.8 Å². The number of azide groups is 1. The lowest BCUT2D eigenvalue weighted by atomic mass is 10.2. The third kappa shape index (κ3) is 3.68. The summed E-state index contributed by atoms with van der Waals surface area (Å²) in [5.41, 5.74) is 10.3. The topological polar surface area (TPSA) is 65.8 Å². The summed E-state index contributed by atoms with van der Waals surface area (Å²) in [6.07, 6.45) is 0.657. The van der Waals surface area contributed by atoms with Crippen LogP contribution < -0.4 is 0 Å². The Morgan fingerprint density at radius 3 is 2.88 bits per heavy atom. The number of hydrogen-bond acceptors (Lipinski definition) is 2. The molecule has 0 heterocycles. The second kappa shape index (κ2) is 6.30. The van der Waals surface area contributed by atoms with E-state index in [4.69, 9.17) is 5.53 Å². The Balaban J connectivity index is 2.65. The highest BCUT2D eigenvalue weighted by Crippen LogP contribution is 2.15. The number of aryl methyl sites for hydroxylation is 2. The molecule has 0 aliphatic carbocycles. The maximum atomic E-state index is 12.0. The van der Waals surface area contributed by atoms with Gasteiger partial charge >= 0.3 is 0 Å². The summed E-state index contributed by atoms with van der Waals surface area (Å²) in [4.78, 5) is 3.55. The first-order chi connectivity index (χ1) is 7.65. The molecule has 1 atom stereocenters. The lowest BCUT2D eigenvalue weighted by Gasteiger charge is -2.06. The average molecular weight is 237 g/mol. The Kier molecular flexibility index (Phi) is 5.02. The predicted octanol–water partition coefficient (Wildman–Crippen LogP) is 3.11. The zero-order valence-corrected chi connectivity index (χ0v) is 10.3. The van der Waals surface area contributed by atoms with Gasteiger partial charge in [0, 0.05) is 22.1 Å². The summed E-state index contributed by atoms with van der Waals surface area (Å²) in [5, 5.41) is 3.42. The van der Waals surface area contributed by atoms with Gasteiger partial charge in [-0.3, -0.25) is 4.21 Å². The van der Waals surface area contributed by atoms with Gasteiger partial charge in [0.15, 0.2) is 0 Å². The highest BCUT2D eigenvalue weighted by atomic mass is 32.2. The van der Waals surface area contributed by atoms with Crippen molar-refractivity contribution in [3.63, 3.8) is 0 Å². The van der Waals surface area contributed by atoms with E-state index in [0.717, 1.165) is 16.0 Å². The van der Waals surface area contributed by atoms with Crippen molar-refractivity contribution in [2.24, 2.45) is 5.11 Å². The molecule has 0 amide bonds. The molecule has 0 N–H and O–H groups in total. The maximum Gasteiger partial charge on any atom is 0.0532 e. The molecule has 0 aliphatic rings. The number of benzene rings is 1. The van der Waals surface area contributed by atoms with Crippen LogP contribution in [-0.4, -0.2) is 16.5 Å². The molecule has 86 valence electrons. The van der Waals surface area contributed by atoms with E-state index in [2.05, 4.69) is 10.0 Å². The van der Waals surface area contributed by atoms with Crippen LogP contribution in [0.1, 0.15) is 17.5 Å².